The second kappa shape index (κ2) is 10.6. The predicted octanol–water partition coefficient (Wildman–Crippen LogP) is 0.704. The van der Waals surface area contributed by atoms with Gasteiger partial charge >= 0.3 is 0 Å². The molecule has 5 nitrogen and oxygen atoms in total. The summed E-state index contributed by atoms with van der Waals surface area (Å²) in [5.41, 5.74) is 6.25. The van der Waals surface area contributed by atoms with Crippen LogP contribution in [0.3, 0.4) is 0 Å². The number of hydrogen-bond donors (Lipinski definition) is 2. The second-order valence-electron chi connectivity index (χ2n) is 5.58. The van der Waals surface area contributed by atoms with Crippen LogP contribution in [0.2, 0.25) is 0 Å². The zero-order chi connectivity index (χ0) is 14.8. The molecule has 0 aromatic rings. The van der Waals surface area contributed by atoms with Gasteiger partial charge in [-0.15, -0.1) is 0 Å². The predicted molar refractivity (Wildman–Crippen MR) is 78.2 cm³/mol. The van der Waals surface area contributed by atoms with E-state index >= 15 is 0 Å². The van der Waals surface area contributed by atoms with E-state index in [9.17, 15) is 5.11 Å². The molecule has 0 radical (unpaired) electrons. The summed E-state index contributed by atoms with van der Waals surface area (Å²) in [6, 6.07) is 0.111. The third kappa shape index (κ3) is 7.22. The molecule has 0 saturated carbocycles. The van der Waals surface area contributed by atoms with Gasteiger partial charge in [0.15, 0.2) is 0 Å². The molecular formula is C14H32N2O3. The van der Waals surface area contributed by atoms with Gasteiger partial charge in [0.1, 0.15) is 0 Å². The van der Waals surface area contributed by atoms with Gasteiger partial charge in [0.2, 0.25) is 0 Å². The van der Waals surface area contributed by atoms with E-state index in [1.54, 1.807) is 14.2 Å². The minimum absolute atomic E-state index is 0.0406. The van der Waals surface area contributed by atoms with E-state index in [-0.39, 0.29) is 24.7 Å². The largest absolute Gasteiger partial charge is 0.395 e. The first kappa shape index (κ1) is 18.8. The van der Waals surface area contributed by atoms with Crippen molar-refractivity contribution in [3.8, 4) is 0 Å². The van der Waals surface area contributed by atoms with Crippen molar-refractivity contribution in [3.05, 3.63) is 0 Å². The number of methoxy groups -OCH3 is 2. The maximum absolute atomic E-state index is 9.69. The Morgan fingerprint density at radius 1 is 1.16 bits per heavy atom. The Balaban J connectivity index is 4.73. The molecule has 0 saturated heterocycles. The van der Waals surface area contributed by atoms with Crippen molar-refractivity contribution in [3.63, 3.8) is 0 Å². The summed E-state index contributed by atoms with van der Waals surface area (Å²) in [7, 11) is 3.37. The molecule has 0 aliphatic carbocycles. The molecular weight excluding hydrogens is 244 g/mol. The lowest BCUT2D eigenvalue weighted by molar-refractivity contribution is 0.0156. The first-order valence-corrected chi connectivity index (χ1v) is 7.07. The first-order valence-electron chi connectivity index (χ1n) is 7.07. The van der Waals surface area contributed by atoms with Crippen LogP contribution in [0.15, 0.2) is 0 Å². The third-order valence-corrected chi connectivity index (χ3v) is 3.38. The minimum atomic E-state index is -0.0531. The molecule has 0 aromatic carbocycles. The van der Waals surface area contributed by atoms with Crippen molar-refractivity contribution < 1.29 is 14.6 Å². The van der Waals surface area contributed by atoms with Crippen LogP contribution in [-0.4, -0.2) is 68.7 Å². The molecule has 116 valence electrons. The van der Waals surface area contributed by atoms with Gasteiger partial charge in [0.05, 0.1) is 19.8 Å². The van der Waals surface area contributed by atoms with Gasteiger partial charge in [-0.2, -0.15) is 0 Å². The molecule has 0 aromatic heterocycles. The fourth-order valence-corrected chi connectivity index (χ4v) is 2.43. The highest BCUT2D eigenvalue weighted by Gasteiger charge is 2.28. The van der Waals surface area contributed by atoms with Crippen molar-refractivity contribution in [2.24, 2.45) is 11.7 Å². The standard InChI is InChI=1S/C14H32N2O3/c1-11(2)8-13(15)14(9-17)16(6-7-18-4)12(3)10-19-5/h11-14,17H,6-10,15H2,1-5H3. The summed E-state index contributed by atoms with van der Waals surface area (Å²) in [5.74, 6) is 0.519. The lowest BCUT2D eigenvalue weighted by Gasteiger charge is -2.38. The molecule has 3 unspecified atom stereocenters. The summed E-state index contributed by atoms with van der Waals surface area (Å²) in [6.07, 6.45) is 0.897. The fraction of sp³-hybridized carbons (Fsp3) is 1.00. The van der Waals surface area contributed by atoms with Crippen LogP contribution in [-0.2, 0) is 9.47 Å². The van der Waals surface area contributed by atoms with Gasteiger partial charge in [-0.1, -0.05) is 13.8 Å². The number of ether oxygens (including phenoxy) is 2. The Morgan fingerprint density at radius 2 is 1.79 bits per heavy atom. The number of hydrogen-bond acceptors (Lipinski definition) is 5. The van der Waals surface area contributed by atoms with E-state index in [0.717, 1.165) is 13.0 Å². The van der Waals surface area contributed by atoms with Gasteiger partial charge in [-0.3, -0.25) is 4.90 Å². The van der Waals surface area contributed by atoms with Crippen LogP contribution in [0.25, 0.3) is 0 Å². The Kier molecular flexibility index (Phi) is 10.5. The average molecular weight is 276 g/mol. The van der Waals surface area contributed by atoms with Gasteiger partial charge in [-0.25, -0.2) is 0 Å². The molecule has 5 heteroatoms. The van der Waals surface area contributed by atoms with Crippen molar-refractivity contribution in [2.45, 2.75) is 45.3 Å². The summed E-state index contributed by atoms with van der Waals surface area (Å²) in [4.78, 5) is 2.19. The molecule has 0 fully saturated rings. The van der Waals surface area contributed by atoms with E-state index < -0.39 is 0 Å². The minimum Gasteiger partial charge on any atom is -0.395 e. The zero-order valence-electron chi connectivity index (χ0n) is 13.1. The maximum Gasteiger partial charge on any atom is 0.0615 e. The quantitative estimate of drug-likeness (QED) is 0.581. The average Bonchev–Trinajstić information content (AvgIpc) is 2.33. The summed E-state index contributed by atoms with van der Waals surface area (Å²) in [6.45, 7) is 8.43. The van der Waals surface area contributed by atoms with Crippen LogP contribution in [0, 0.1) is 5.92 Å². The lowest BCUT2D eigenvalue weighted by Crippen LogP contribution is -2.55. The summed E-state index contributed by atoms with van der Waals surface area (Å²) in [5, 5.41) is 9.69. The lowest BCUT2D eigenvalue weighted by atomic mass is 9.96. The number of rotatable bonds is 11. The Labute approximate surface area is 118 Å². The Hall–Kier alpha value is -0.200. The highest BCUT2D eigenvalue weighted by molar-refractivity contribution is 4.85. The Bertz CT molecular complexity index is 215. The molecule has 0 amide bonds. The van der Waals surface area contributed by atoms with Gasteiger partial charge in [0, 0.05) is 38.9 Å². The summed E-state index contributed by atoms with van der Waals surface area (Å²) >= 11 is 0. The highest BCUT2D eigenvalue weighted by atomic mass is 16.5. The van der Waals surface area contributed by atoms with E-state index in [0.29, 0.717) is 19.1 Å². The number of nitrogens with zero attached hydrogens (tertiary/aromatic N) is 1. The van der Waals surface area contributed by atoms with Crippen LogP contribution < -0.4 is 5.73 Å². The first-order chi connectivity index (χ1) is 8.97. The van der Waals surface area contributed by atoms with Gasteiger partial charge in [-0.05, 0) is 19.3 Å². The molecule has 0 heterocycles. The normalized spacial score (nSPS) is 16.9. The van der Waals surface area contributed by atoms with Crippen molar-refractivity contribution >= 4 is 0 Å². The molecule has 0 spiro atoms. The van der Waals surface area contributed by atoms with Gasteiger partial charge in [0.25, 0.3) is 0 Å². The van der Waals surface area contributed by atoms with E-state index in [2.05, 4.69) is 25.7 Å². The monoisotopic (exact) mass is 276 g/mol. The van der Waals surface area contributed by atoms with Crippen LogP contribution in [0.4, 0.5) is 0 Å². The second-order valence-corrected chi connectivity index (χ2v) is 5.58. The molecule has 3 N–H and O–H groups in total. The maximum atomic E-state index is 9.69. The smallest absolute Gasteiger partial charge is 0.0615 e. The fourth-order valence-electron chi connectivity index (χ4n) is 2.43. The molecule has 0 aliphatic rings. The molecule has 0 bridgehead atoms. The van der Waals surface area contributed by atoms with Crippen LogP contribution in [0.5, 0.6) is 0 Å². The van der Waals surface area contributed by atoms with E-state index in [4.69, 9.17) is 15.2 Å². The van der Waals surface area contributed by atoms with E-state index in [1.807, 2.05) is 0 Å². The molecule has 0 rings (SSSR count). The van der Waals surface area contributed by atoms with E-state index in [1.165, 1.54) is 0 Å². The zero-order valence-corrected chi connectivity index (χ0v) is 13.1. The molecule has 3 atom stereocenters. The van der Waals surface area contributed by atoms with Crippen molar-refractivity contribution in [1.82, 2.24) is 4.90 Å². The molecule has 19 heavy (non-hydrogen) atoms. The highest BCUT2D eigenvalue weighted by Crippen LogP contribution is 2.14. The topological polar surface area (TPSA) is 68.0 Å². The van der Waals surface area contributed by atoms with Crippen LogP contribution in [0.1, 0.15) is 27.2 Å². The number of aliphatic hydroxyl groups is 1. The van der Waals surface area contributed by atoms with Crippen molar-refractivity contribution in [2.75, 3.05) is 40.6 Å². The van der Waals surface area contributed by atoms with Crippen molar-refractivity contribution in [1.29, 1.82) is 0 Å². The number of nitrogens with two attached hydrogens (primary N) is 1. The number of aliphatic hydroxyl groups excluding tert-OH is 1. The van der Waals surface area contributed by atoms with Gasteiger partial charge < -0.3 is 20.3 Å². The van der Waals surface area contributed by atoms with Crippen LogP contribution >= 0.6 is 0 Å². The third-order valence-electron chi connectivity index (χ3n) is 3.38. The SMILES string of the molecule is COCCN(C(C)COC)C(CO)C(N)CC(C)C. The summed E-state index contributed by atoms with van der Waals surface area (Å²) < 4.78 is 10.4. The molecule has 0 aliphatic heterocycles. The Morgan fingerprint density at radius 3 is 2.21 bits per heavy atom.